The molecular weight excluding hydrogens is 336 g/mol. The Morgan fingerprint density at radius 1 is 0.880 bits per heavy atom. The predicted octanol–water partition coefficient (Wildman–Crippen LogP) is 4.93. The van der Waals surface area contributed by atoms with Crippen molar-refractivity contribution in [1.82, 2.24) is 0 Å². The average Bonchev–Trinajstić information content (AvgIpc) is 2.63. The molecule has 2 N–H and O–H groups in total. The van der Waals surface area contributed by atoms with E-state index in [1.165, 1.54) is 0 Å². The maximum atomic E-state index is 8.85. The third-order valence-corrected chi connectivity index (χ3v) is 3.44. The summed E-state index contributed by atoms with van der Waals surface area (Å²) in [5.41, 5.74) is 7.93. The van der Waals surface area contributed by atoms with E-state index < -0.39 is 0 Å². The SMILES string of the molecule is Cl.N#Cc1ccc(Oc2ccc(OCc3ccccc3)cc2)c(N)c1. The second-order valence-corrected chi connectivity index (χ2v) is 5.21. The molecule has 0 fully saturated rings. The number of hydrogen-bond donors (Lipinski definition) is 1. The molecule has 0 unspecified atom stereocenters. The molecule has 5 heteroatoms. The molecule has 3 aromatic carbocycles. The summed E-state index contributed by atoms with van der Waals surface area (Å²) in [6.45, 7) is 0.517. The van der Waals surface area contributed by atoms with Crippen LogP contribution in [0.3, 0.4) is 0 Å². The summed E-state index contributed by atoms with van der Waals surface area (Å²) in [5, 5.41) is 8.85. The van der Waals surface area contributed by atoms with Crippen LogP contribution >= 0.6 is 12.4 Å². The van der Waals surface area contributed by atoms with E-state index in [1.54, 1.807) is 18.2 Å². The molecule has 0 radical (unpaired) electrons. The second-order valence-electron chi connectivity index (χ2n) is 5.21. The van der Waals surface area contributed by atoms with Gasteiger partial charge in [-0.25, -0.2) is 0 Å². The number of benzene rings is 3. The molecule has 0 bridgehead atoms. The van der Waals surface area contributed by atoms with Crippen molar-refractivity contribution >= 4 is 18.1 Å². The van der Waals surface area contributed by atoms with E-state index >= 15 is 0 Å². The zero-order valence-corrected chi connectivity index (χ0v) is 14.2. The normalized spacial score (nSPS) is 9.56. The molecular formula is C20H17ClN2O2. The van der Waals surface area contributed by atoms with Gasteiger partial charge in [0.05, 0.1) is 17.3 Å². The molecule has 126 valence electrons. The molecule has 0 aliphatic heterocycles. The van der Waals surface area contributed by atoms with Crippen molar-refractivity contribution in [3.8, 4) is 23.3 Å². The monoisotopic (exact) mass is 352 g/mol. The van der Waals surface area contributed by atoms with E-state index in [1.807, 2.05) is 60.7 Å². The molecule has 0 saturated carbocycles. The van der Waals surface area contributed by atoms with Gasteiger partial charge in [-0.3, -0.25) is 0 Å². The quantitative estimate of drug-likeness (QED) is 0.661. The smallest absolute Gasteiger partial charge is 0.150 e. The van der Waals surface area contributed by atoms with Gasteiger partial charge in [-0.15, -0.1) is 12.4 Å². The zero-order chi connectivity index (χ0) is 16.8. The number of halogens is 1. The fourth-order valence-corrected chi connectivity index (χ4v) is 2.18. The van der Waals surface area contributed by atoms with Crippen molar-refractivity contribution < 1.29 is 9.47 Å². The van der Waals surface area contributed by atoms with E-state index in [0.29, 0.717) is 29.4 Å². The molecule has 0 amide bonds. The Balaban J connectivity index is 0.00000225. The highest BCUT2D eigenvalue weighted by Crippen LogP contribution is 2.29. The van der Waals surface area contributed by atoms with E-state index in [4.69, 9.17) is 20.5 Å². The molecule has 0 heterocycles. The number of anilines is 1. The molecule has 3 aromatic rings. The summed E-state index contributed by atoms with van der Waals surface area (Å²) in [5.74, 6) is 1.93. The summed E-state index contributed by atoms with van der Waals surface area (Å²) in [4.78, 5) is 0. The van der Waals surface area contributed by atoms with Crippen LogP contribution in [-0.4, -0.2) is 0 Å². The van der Waals surface area contributed by atoms with Crippen LogP contribution in [0.4, 0.5) is 5.69 Å². The second kappa shape index (κ2) is 8.62. The minimum atomic E-state index is 0. The summed E-state index contributed by atoms with van der Waals surface area (Å²) in [7, 11) is 0. The minimum absolute atomic E-state index is 0. The summed E-state index contributed by atoms with van der Waals surface area (Å²) >= 11 is 0. The van der Waals surface area contributed by atoms with Crippen molar-refractivity contribution in [1.29, 1.82) is 5.26 Å². The van der Waals surface area contributed by atoms with Gasteiger partial charge in [0.25, 0.3) is 0 Å². The number of nitrogens with zero attached hydrogens (tertiary/aromatic N) is 1. The number of nitrogen functional groups attached to an aromatic ring is 1. The molecule has 4 nitrogen and oxygen atoms in total. The number of nitriles is 1. The lowest BCUT2D eigenvalue weighted by Gasteiger charge is -2.10. The van der Waals surface area contributed by atoms with Crippen LogP contribution in [-0.2, 0) is 6.61 Å². The molecule has 0 spiro atoms. The zero-order valence-electron chi connectivity index (χ0n) is 13.4. The minimum Gasteiger partial charge on any atom is -0.489 e. The van der Waals surface area contributed by atoms with Gasteiger partial charge in [0.15, 0.2) is 0 Å². The Kier molecular flexibility index (Phi) is 6.27. The van der Waals surface area contributed by atoms with Crippen molar-refractivity contribution in [3.63, 3.8) is 0 Å². The van der Waals surface area contributed by atoms with Crippen LogP contribution in [0.2, 0.25) is 0 Å². The maximum absolute atomic E-state index is 8.85. The van der Waals surface area contributed by atoms with E-state index in [2.05, 4.69) is 0 Å². The molecule has 0 aliphatic carbocycles. The first-order valence-corrected chi connectivity index (χ1v) is 7.49. The largest absolute Gasteiger partial charge is 0.489 e. The molecule has 25 heavy (non-hydrogen) atoms. The highest BCUT2D eigenvalue weighted by atomic mass is 35.5. The van der Waals surface area contributed by atoms with Gasteiger partial charge < -0.3 is 15.2 Å². The van der Waals surface area contributed by atoms with Gasteiger partial charge in [-0.1, -0.05) is 30.3 Å². The fourth-order valence-electron chi connectivity index (χ4n) is 2.18. The van der Waals surface area contributed by atoms with Crippen molar-refractivity contribution in [2.75, 3.05) is 5.73 Å². The van der Waals surface area contributed by atoms with Gasteiger partial charge in [-0.05, 0) is 48.0 Å². The number of hydrogen-bond acceptors (Lipinski definition) is 4. The van der Waals surface area contributed by atoms with Crippen molar-refractivity contribution in [2.24, 2.45) is 0 Å². The first-order chi connectivity index (χ1) is 11.7. The van der Waals surface area contributed by atoms with E-state index in [9.17, 15) is 0 Å². The predicted molar refractivity (Wildman–Crippen MR) is 100 cm³/mol. The average molecular weight is 353 g/mol. The Hall–Kier alpha value is -3.16. The lowest BCUT2D eigenvalue weighted by molar-refractivity contribution is 0.306. The molecule has 0 atom stereocenters. The van der Waals surface area contributed by atoms with Crippen LogP contribution in [0.25, 0.3) is 0 Å². The van der Waals surface area contributed by atoms with Gasteiger partial charge in [0.1, 0.15) is 23.9 Å². The first kappa shape index (κ1) is 18.2. The molecule has 0 saturated heterocycles. The Bertz CT molecular complexity index is 859. The number of nitrogens with two attached hydrogens (primary N) is 1. The fraction of sp³-hybridized carbons (Fsp3) is 0.0500. The number of rotatable bonds is 5. The topological polar surface area (TPSA) is 68.3 Å². The van der Waals surface area contributed by atoms with Gasteiger partial charge in [-0.2, -0.15) is 5.26 Å². The molecule has 0 aliphatic rings. The first-order valence-electron chi connectivity index (χ1n) is 7.49. The summed E-state index contributed by atoms with van der Waals surface area (Å²) in [6.07, 6.45) is 0. The third-order valence-electron chi connectivity index (χ3n) is 3.44. The van der Waals surface area contributed by atoms with Gasteiger partial charge in [0.2, 0.25) is 0 Å². The van der Waals surface area contributed by atoms with E-state index in [0.717, 1.165) is 11.3 Å². The third kappa shape index (κ3) is 4.90. The van der Waals surface area contributed by atoms with Crippen LogP contribution in [0.1, 0.15) is 11.1 Å². The van der Waals surface area contributed by atoms with Gasteiger partial charge in [0, 0.05) is 0 Å². The van der Waals surface area contributed by atoms with Crippen molar-refractivity contribution in [3.05, 3.63) is 83.9 Å². The Labute approximate surface area is 152 Å². The van der Waals surface area contributed by atoms with Crippen LogP contribution in [0, 0.1) is 11.3 Å². The summed E-state index contributed by atoms with van der Waals surface area (Å²) < 4.78 is 11.5. The van der Waals surface area contributed by atoms with Crippen LogP contribution in [0.5, 0.6) is 17.2 Å². The maximum Gasteiger partial charge on any atom is 0.150 e. The lowest BCUT2D eigenvalue weighted by atomic mass is 10.2. The van der Waals surface area contributed by atoms with E-state index in [-0.39, 0.29) is 12.4 Å². The van der Waals surface area contributed by atoms with Crippen LogP contribution < -0.4 is 15.2 Å². The van der Waals surface area contributed by atoms with Gasteiger partial charge >= 0.3 is 0 Å². The highest BCUT2D eigenvalue weighted by molar-refractivity contribution is 5.85. The Morgan fingerprint density at radius 3 is 2.20 bits per heavy atom. The molecule has 3 rings (SSSR count). The lowest BCUT2D eigenvalue weighted by Crippen LogP contribution is -1.95. The standard InChI is InChI=1S/C20H16N2O2.ClH/c21-13-16-6-11-20(19(22)12-16)24-18-9-7-17(8-10-18)23-14-15-4-2-1-3-5-15;/h1-12H,14,22H2;1H. The highest BCUT2D eigenvalue weighted by Gasteiger charge is 2.04. The number of ether oxygens (including phenoxy) is 2. The summed E-state index contributed by atoms with van der Waals surface area (Å²) in [6, 6.07) is 24.3. The van der Waals surface area contributed by atoms with Crippen LogP contribution in [0.15, 0.2) is 72.8 Å². The van der Waals surface area contributed by atoms with Crippen molar-refractivity contribution in [2.45, 2.75) is 6.61 Å². The molecule has 0 aromatic heterocycles. The Morgan fingerprint density at radius 2 is 1.56 bits per heavy atom.